The molecule has 0 saturated carbocycles. The molecule has 4 N–H and O–H groups in total. The van der Waals surface area contributed by atoms with Crippen LogP contribution in [0.2, 0.25) is 0 Å². The number of rotatable bonds is 2. The fourth-order valence-corrected chi connectivity index (χ4v) is 1.26. The van der Waals surface area contributed by atoms with Crippen molar-refractivity contribution >= 4 is 11.7 Å². The second kappa shape index (κ2) is 3.49. The Morgan fingerprint density at radius 1 is 1.21 bits per heavy atom. The summed E-state index contributed by atoms with van der Waals surface area (Å²) in [5, 5.41) is 29.0. The fourth-order valence-electron chi connectivity index (χ4n) is 1.26. The molecular formula is C8H11NO5. The third-order valence-corrected chi connectivity index (χ3v) is 2.03. The summed E-state index contributed by atoms with van der Waals surface area (Å²) in [6.45, 7) is -0.223. The number of Topliss-reactive ketones (excluding diaryl/α,β-unsaturated/α-hetero) is 1. The van der Waals surface area contributed by atoms with Crippen molar-refractivity contribution in [3.63, 3.8) is 0 Å². The molecule has 0 aromatic heterocycles. The summed E-state index contributed by atoms with van der Waals surface area (Å²) in [6.07, 6.45) is 0. The van der Waals surface area contributed by atoms with E-state index >= 15 is 0 Å². The molecule has 1 atom stereocenters. The first-order valence-corrected chi connectivity index (χ1v) is 3.97. The maximum atomic E-state index is 11.4. The monoisotopic (exact) mass is 201 g/mol. The number of carbonyl (C=O) groups excluding carboxylic acids is 2. The fraction of sp³-hybridized carbons (Fsp3) is 0.500. The van der Waals surface area contributed by atoms with E-state index in [4.69, 9.17) is 10.2 Å². The van der Waals surface area contributed by atoms with Crippen LogP contribution in [0.15, 0.2) is 11.1 Å². The molecule has 78 valence electrons. The third-order valence-electron chi connectivity index (χ3n) is 2.03. The largest absolute Gasteiger partial charge is 0.392 e. The van der Waals surface area contributed by atoms with Gasteiger partial charge in [0.05, 0.1) is 18.8 Å². The molecule has 6 heteroatoms. The molecule has 0 bridgehead atoms. The van der Waals surface area contributed by atoms with Gasteiger partial charge in [-0.15, -0.1) is 0 Å². The second-order valence-corrected chi connectivity index (χ2v) is 3.13. The van der Waals surface area contributed by atoms with Gasteiger partial charge in [0.15, 0.2) is 5.72 Å². The van der Waals surface area contributed by atoms with E-state index in [-0.39, 0.29) is 11.1 Å². The molecule has 0 radical (unpaired) electrons. The maximum Gasteiger partial charge on any atom is 0.252 e. The number of ketones is 1. The zero-order valence-corrected chi connectivity index (χ0v) is 7.57. The molecule has 0 aromatic carbocycles. The number of amides is 1. The first-order chi connectivity index (χ1) is 6.44. The third kappa shape index (κ3) is 1.54. The van der Waals surface area contributed by atoms with Gasteiger partial charge in [-0.3, -0.25) is 9.59 Å². The molecule has 1 aliphatic rings. The number of nitrogens with one attached hydrogen (secondary N) is 1. The molecule has 0 saturated heterocycles. The molecule has 0 spiro atoms. The highest BCUT2D eigenvalue weighted by Crippen LogP contribution is 2.18. The Bertz CT molecular complexity index is 318. The molecule has 1 rings (SSSR count). The van der Waals surface area contributed by atoms with E-state index in [1.165, 1.54) is 0 Å². The molecule has 0 aliphatic carbocycles. The lowest BCUT2D eigenvalue weighted by atomic mass is 9.93. The lowest BCUT2D eigenvalue weighted by Gasteiger charge is -2.29. The first-order valence-electron chi connectivity index (χ1n) is 3.97. The van der Waals surface area contributed by atoms with Gasteiger partial charge in [-0.05, 0) is 6.92 Å². The molecule has 0 aromatic rings. The van der Waals surface area contributed by atoms with E-state index in [1.54, 1.807) is 0 Å². The van der Waals surface area contributed by atoms with Crippen LogP contribution >= 0.6 is 0 Å². The minimum atomic E-state index is -2.01. The number of hydrogen-bond donors (Lipinski definition) is 4. The van der Waals surface area contributed by atoms with Crippen LogP contribution < -0.4 is 5.32 Å². The highest BCUT2D eigenvalue weighted by molar-refractivity contribution is 6.14. The number of carbonyl (C=O) groups is 2. The summed E-state index contributed by atoms with van der Waals surface area (Å²) in [4.78, 5) is 22.6. The van der Waals surface area contributed by atoms with Crippen molar-refractivity contribution in [3.8, 4) is 0 Å². The summed E-state index contributed by atoms with van der Waals surface area (Å²) in [7, 11) is 0. The average Bonchev–Trinajstić information content (AvgIpc) is 2.10. The number of aliphatic hydroxyl groups is 3. The summed E-state index contributed by atoms with van der Waals surface area (Å²) in [5.41, 5.74) is -2.46. The normalized spacial score (nSPS) is 28.0. The van der Waals surface area contributed by atoms with Gasteiger partial charge in [-0.2, -0.15) is 0 Å². The van der Waals surface area contributed by atoms with Gasteiger partial charge >= 0.3 is 0 Å². The molecule has 6 nitrogen and oxygen atoms in total. The molecule has 14 heavy (non-hydrogen) atoms. The van der Waals surface area contributed by atoms with E-state index in [0.29, 0.717) is 0 Å². The van der Waals surface area contributed by atoms with E-state index in [9.17, 15) is 14.7 Å². The molecule has 1 amide bonds. The van der Waals surface area contributed by atoms with Crippen molar-refractivity contribution in [2.75, 3.05) is 13.2 Å². The van der Waals surface area contributed by atoms with Gasteiger partial charge in [0.1, 0.15) is 0 Å². The quantitative estimate of drug-likeness (QED) is 0.401. The van der Waals surface area contributed by atoms with Crippen molar-refractivity contribution in [2.24, 2.45) is 0 Å². The van der Waals surface area contributed by atoms with Crippen molar-refractivity contribution < 1.29 is 24.9 Å². The van der Waals surface area contributed by atoms with Gasteiger partial charge in [-0.1, -0.05) is 0 Å². The number of aliphatic hydroxyl groups excluding tert-OH is 2. The SMILES string of the molecule is CC1(O)NC(=O)C(CO)=C(CO)C1=O. The zero-order valence-electron chi connectivity index (χ0n) is 7.57. The summed E-state index contributed by atoms with van der Waals surface area (Å²) in [6, 6.07) is 0. The predicted molar refractivity (Wildman–Crippen MR) is 45.0 cm³/mol. The Labute approximate surface area is 79.9 Å². The Hall–Kier alpha value is -1.24. The van der Waals surface area contributed by atoms with Crippen LogP contribution in [-0.2, 0) is 9.59 Å². The van der Waals surface area contributed by atoms with E-state index in [1.807, 2.05) is 5.32 Å². The van der Waals surface area contributed by atoms with Crippen LogP contribution in [0.3, 0.4) is 0 Å². The summed E-state index contributed by atoms with van der Waals surface area (Å²) in [5.74, 6) is -1.55. The first kappa shape index (κ1) is 10.8. The van der Waals surface area contributed by atoms with Crippen LogP contribution in [-0.4, -0.2) is 45.9 Å². The Kier molecular flexibility index (Phi) is 2.70. The Morgan fingerprint density at radius 2 is 1.71 bits per heavy atom. The minimum absolute atomic E-state index is 0.205. The van der Waals surface area contributed by atoms with Gasteiger partial charge in [0.25, 0.3) is 5.91 Å². The lowest BCUT2D eigenvalue weighted by molar-refractivity contribution is -0.143. The van der Waals surface area contributed by atoms with E-state index in [0.717, 1.165) is 6.92 Å². The van der Waals surface area contributed by atoms with Gasteiger partial charge in [0.2, 0.25) is 5.78 Å². The summed E-state index contributed by atoms with van der Waals surface area (Å²) >= 11 is 0. The van der Waals surface area contributed by atoms with Gasteiger partial charge in [0, 0.05) is 5.57 Å². The Morgan fingerprint density at radius 3 is 2.14 bits per heavy atom. The Balaban J connectivity index is 3.23. The van der Waals surface area contributed by atoms with Crippen LogP contribution in [0.5, 0.6) is 0 Å². The standard InChI is InChI=1S/C8H11NO5/c1-8(14)6(12)4(2-10)5(3-11)7(13)9-8/h10-11,14H,2-3H2,1H3,(H,9,13). The van der Waals surface area contributed by atoms with Crippen molar-refractivity contribution in [1.82, 2.24) is 5.32 Å². The highest BCUT2D eigenvalue weighted by Gasteiger charge is 2.41. The van der Waals surface area contributed by atoms with Crippen LogP contribution in [0, 0.1) is 0 Å². The van der Waals surface area contributed by atoms with Crippen LogP contribution in [0.1, 0.15) is 6.92 Å². The van der Waals surface area contributed by atoms with Crippen LogP contribution in [0.25, 0.3) is 0 Å². The zero-order chi connectivity index (χ0) is 10.9. The molecule has 1 aliphatic heterocycles. The van der Waals surface area contributed by atoms with Gasteiger partial charge in [-0.25, -0.2) is 0 Å². The topological polar surface area (TPSA) is 107 Å². The lowest BCUT2D eigenvalue weighted by Crippen LogP contribution is -2.57. The number of hydrogen-bond acceptors (Lipinski definition) is 5. The van der Waals surface area contributed by atoms with Gasteiger partial charge < -0.3 is 20.6 Å². The second-order valence-electron chi connectivity index (χ2n) is 3.13. The van der Waals surface area contributed by atoms with E-state index in [2.05, 4.69) is 0 Å². The highest BCUT2D eigenvalue weighted by atomic mass is 16.3. The van der Waals surface area contributed by atoms with Crippen LogP contribution in [0.4, 0.5) is 0 Å². The smallest absolute Gasteiger partial charge is 0.252 e. The summed E-state index contributed by atoms with van der Waals surface area (Å²) < 4.78 is 0. The molecule has 1 heterocycles. The predicted octanol–water partition coefficient (Wildman–Crippen LogP) is -2.32. The molecular weight excluding hydrogens is 190 g/mol. The molecule has 0 fully saturated rings. The van der Waals surface area contributed by atoms with Crippen molar-refractivity contribution in [3.05, 3.63) is 11.1 Å². The van der Waals surface area contributed by atoms with Crippen molar-refractivity contribution in [2.45, 2.75) is 12.6 Å². The van der Waals surface area contributed by atoms with E-state index < -0.39 is 30.6 Å². The average molecular weight is 201 g/mol. The minimum Gasteiger partial charge on any atom is -0.392 e. The maximum absolute atomic E-state index is 11.4. The van der Waals surface area contributed by atoms with Crippen molar-refractivity contribution in [1.29, 1.82) is 0 Å². The molecule has 1 unspecified atom stereocenters.